The molecule has 0 saturated heterocycles. The number of ether oxygens (including phenoxy) is 1. The highest BCUT2D eigenvalue weighted by Crippen LogP contribution is 2.35. The number of thiazole rings is 1. The highest BCUT2D eigenvalue weighted by Gasteiger charge is 2.40. The van der Waals surface area contributed by atoms with Gasteiger partial charge in [0.1, 0.15) is 16.6 Å². The lowest BCUT2D eigenvalue weighted by molar-refractivity contribution is 0.00112. The number of anilines is 1. The molecule has 1 unspecified atom stereocenters. The first-order valence-electron chi connectivity index (χ1n) is 9.67. The number of rotatable bonds is 7. The number of aliphatic hydroxyl groups is 2. The van der Waals surface area contributed by atoms with Gasteiger partial charge in [0.15, 0.2) is 11.5 Å². The predicted octanol–water partition coefficient (Wildman–Crippen LogP) is 2.18. The molecule has 2 N–H and O–H groups in total. The summed E-state index contributed by atoms with van der Waals surface area (Å²) in [6.07, 6.45) is 0.819. The largest absolute Gasteiger partial charge is 0.425 e. The Morgan fingerprint density at radius 2 is 2.16 bits per heavy atom. The van der Waals surface area contributed by atoms with E-state index in [-0.39, 0.29) is 43.0 Å². The Balaban J connectivity index is 1.79. The Hall–Kier alpha value is -3.02. The molecule has 0 bridgehead atoms. The second-order valence-corrected chi connectivity index (χ2v) is 8.43. The molecule has 0 radical (unpaired) electrons. The van der Waals surface area contributed by atoms with E-state index in [1.165, 1.54) is 39.3 Å². The number of carbonyl (C=O) groups is 1. The van der Waals surface area contributed by atoms with Gasteiger partial charge in [0.25, 0.3) is 5.91 Å². The minimum Gasteiger partial charge on any atom is -0.425 e. The third-order valence-corrected chi connectivity index (χ3v) is 5.76. The Labute approximate surface area is 182 Å². The molecule has 4 rings (SSSR count). The summed E-state index contributed by atoms with van der Waals surface area (Å²) in [6.45, 7) is 2.20. The number of fused-ring (bicyclic) bond motifs is 1. The maximum Gasteiger partial charge on any atom is 0.304 e. The summed E-state index contributed by atoms with van der Waals surface area (Å²) in [4.78, 5) is 25.8. The number of halogens is 1. The average molecular weight is 447 g/mol. The number of aryl methyl sites for hydroxylation is 1. The number of imidazole rings is 1. The summed E-state index contributed by atoms with van der Waals surface area (Å²) in [6, 6.07) is 5.71. The van der Waals surface area contributed by atoms with Crippen molar-refractivity contribution in [3.63, 3.8) is 0 Å². The quantitative estimate of drug-likeness (QED) is 0.572. The van der Waals surface area contributed by atoms with Crippen LogP contribution in [0.25, 0.3) is 0 Å². The molecular formula is C20H22FN5O4S. The van der Waals surface area contributed by atoms with Crippen molar-refractivity contribution in [1.29, 1.82) is 0 Å². The standard InChI is InChI=1S/C20H22FN5O4S/c1-12-10-22-15(31-12)11-26-16-17(23-19(26)30-14-6-3-5-13(21)9-14)24(2)20(29)25(18(16)28)7-4-8-27/h3,5-6,9-10,20,27,29H,4,7-8,11H2,1-2H3. The van der Waals surface area contributed by atoms with E-state index in [1.54, 1.807) is 23.9 Å². The second-order valence-electron chi connectivity index (χ2n) is 7.11. The van der Waals surface area contributed by atoms with Gasteiger partial charge in [-0.25, -0.2) is 9.37 Å². The summed E-state index contributed by atoms with van der Waals surface area (Å²) < 4.78 is 21.1. The van der Waals surface area contributed by atoms with Gasteiger partial charge in [-0.1, -0.05) is 6.07 Å². The van der Waals surface area contributed by atoms with Crippen LogP contribution < -0.4 is 9.64 Å². The number of aromatic nitrogens is 3. The van der Waals surface area contributed by atoms with Crippen LogP contribution >= 0.6 is 11.3 Å². The zero-order valence-electron chi connectivity index (χ0n) is 17.0. The van der Waals surface area contributed by atoms with Crippen molar-refractivity contribution in [2.24, 2.45) is 0 Å². The van der Waals surface area contributed by atoms with Gasteiger partial charge in [-0.2, -0.15) is 4.98 Å². The maximum atomic E-state index is 13.7. The molecule has 2 aromatic heterocycles. The molecule has 3 aromatic rings. The molecule has 0 saturated carbocycles. The summed E-state index contributed by atoms with van der Waals surface area (Å²) in [7, 11) is 1.61. The van der Waals surface area contributed by atoms with Crippen LogP contribution in [0.2, 0.25) is 0 Å². The molecule has 0 fully saturated rings. The number of benzene rings is 1. The molecule has 1 atom stereocenters. The highest BCUT2D eigenvalue weighted by atomic mass is 32.1. The molecule has 9 nitrogen and oxygen atoms in total. The van der Waals surface area contributed by atoms with Crippen molar-refractivity contribution in [3.05, 3.63) is 51.9 Å². The first-order valence-corrected chi connectivity index (χ1v) is 10.5. The zero-order chi connectivity index (χ0) is 22.1. The maximum absolute atomic E-state index is 13.7. The molecule has 3 heterocycles. The van der Waals surface area contributed by atoms with Crippen LogP contribution in [-0.4, -0.2) is 62.1 Å². The first kappa shape index (κ1) is 21.2. The normalized spacial score (nSPS) is 16.0. The number of carbonyl (C=O) groups excluding carboxylic acids is 1. The number of hydrogen-bond donors (Lipinski definition) is 2. The van der Waals surface area contributed by atoms with Crippen LogP contribution in [0.15, 0.2) is 30.5 Å². The van der Waals surface area contributed by atoms with Gasteiger partial charge in [0.2, 0.25) is 6.35 Å². The molecule has 0 spiro atoms. The summed E-state index contributed by atoms with van der Waals surface area (Å²) in [5.74, 6) is -0.428. The highest BCUT2D eigenvalue weighted by molar-refractivity contribution is 7.11. The van der Waals surface area contributed by atoms with Crippen molar-refractivity contribution < 1.29 is 24.1 Å². The van der Waals surface area contributed by atoms with E-state index in [2.05, 4.69) is 9.97 Å². The van der Waals surface area contributed by atoms with Crippen LogP contribution in [0.5, 0.6) is 11.8 Å². The molecule has 1 aliphatic rings. The van der Waals surface area contributed by atoms with E-state index < -0.39 is 18.1 Å². The zero-order valence-corrected chi connectivity index (χ0v) is 17.8. The minimum atomic E-state index is -1.24. The summed E-state index contributed by atoms with van der Waals surface area (Å²) >= 11 is 1.48. The Bertz CT molecular complexity index is 1100. The Morgan fingerprint density at radius 1 is 1.35 bits per heavy atom. The topological polar surface area (TPSA) is 104 Å². The molecule has 1 aromatic carbocycles. The Kier molecular flexibility index (Phi) is 5.90. The van der Waals surface area contributed by atoms with E-state index in [0.717, 1.165) is 9.88 Å². The summed E-state index contributed by atoms with van der Waals surface area (Å²) in [5.41, 5.74) is 0.227. The SMILES string of the molecule is Cc1cnc(Cn2c(Oc3cccc(F)c3)nc3c2C(=O)N(CCCO)C(O)N3C)s1. The fourth-order valence-electron chi connectivity index (χ4n) is 3.36. The van der Waals surface area contributed by atoms with Crippen LogP contribution in [0.3, 0.4) is 0 Å². The van der Waals surface area contributed by atoms with Gasteiger partial charge in [-0.15, -0.1) is 11.3 Å². The summed E-state index contributed by atoms with van der Waals surface area (Å²) in [5, 5.41) is 20.5. The fraction of sp³-hybridized carbons (Fsp3) is 0.350. The van der Waals surface area contributed by atoms with E-state index in [0.29, 0.717) is 6.42 Å². The van der Waals surface area contributed by atoms with E-state index in [1.807, 2.05) is 6.92 Å². The van der Waals surface area contributed by atoms with Crippen LogP contribution in [0.1, 0.15) is 26.8 Å². The van der Waals surface area contributed by atoms with Gasteiger partial charge in [0, 0.05) is 37.3 Å². The molecule has 1 amide bonds. The van der Waals surface area contributed by atoms with Gasteiger partial charge >= 0.3 is 6.01 Å². The minimum absolute atomic E-state index is 0.0832. The third-order valence-electron chi connectivity index (χ3n) is 4.86. The Morgan fingerprint density at radius 3 is 2.84 bits per heavy atom. The van der Waals surface area contributed by atoms with Gasteiger partial charge in [-0.3, -0.25) is 14.3 Å². The lowest BCUT2D eigenvalue weighted by Gasteiger charge is -2.38. The average Bonchev–Trinajstić information content (AvgIpc) is 3.30. The molecule has 164 valence electrons. The van der Waals surface area contributed by atoms with Crippen molar-refractivity contribution in [2.75, 3.05) is 25.1 Å². The van der Waals surface area contributed by atoms with Crippen molar-refractivity contribution in [1.82, 2.24) is 19.4 Å². The number of amides is 1. The van der Waals surface area contributed by atoms with Gasteiger partial charge in [-0.05, 0) is 25.5 Å². The van der Waals surface area contributed by atoms with Crippen molar-refractivity contribution in [2.45, 2.75) is 26.2 Å². The molecular weight excluding hydrogens is 425 g/mol. The van der Waals surface area contributed by atoms with Crippen LogP contribution in [0.4, 0.5) is 10.2 Å². The van der Waals surface area contributed by atoms with E-state index in [4.69, 9.17) is 9.84 Å². The van der Waals surface area contributed by atoms with E-state index >= 15 is 0 Å². The lowest BCUT2D eigenvalue weighted by atomic mass is 10.2. The van der Waals surface area contributed by atoms with Crippen LogP contribution in [0, 0.1) is 12.7 Å². The molecule has 1 aliphatic heterocycles. The fourth-order valence-corrected chi connectivity index (χ4v) is 4.14. The van der Waals surface area contributed by atoms with E-state index in [9.17, 15) is 14.3 Å². The molecule has 31 heavy (non-hydrogen) atoms. The van der Waals surface area contributed by atoms with Crippen molar-refractivity contribution >= 4 is 23.1 Å². The number of nitrogens with zero attached hydrogens (tertiary/aromatic N) is 5. The monoisotopic (exact) mass is 447 g/mol. The smallest absolute Gasteiger partial charge is 0.304 e. The number of hydrogen-bond acceptors (Lipinski definition) is 8. The van der Waals surface area contributed by atoms with Crippen molar-refractivity contribution in [3.8, 4) is 11.8 Å². The number of aliphatic hydroxyl groups excluding tert-OH is 2. The lowest BCUT2D eigenvalue weighted by Crippen LogP contribution is -2.54. The van der Waals surface area contributed by atoms with Crippen LogP contribution in [-0.2, 0) is 6.54 Å². The predicted molar refractivity (Wildman–Crippen MR) is 112 cm³/mol. The third kappa shape index (κ3) is 4.11. The van der Waals surface area contributed by atoms with Gasteiger partial charge in [0.05, 0.1) is 6.54 Å². The second kappa shape index (κ2) is 8.61. The first-order chi connectivity index (χ1) is 14.9. The molecule has 11 heteroatoms. The molecule has 0 aliphatic carbocycles. The van der Waals surface area contributed by atoms with Gasteiger partial charge < -0.3 is 19.8 Å².